The highest BCUT2D eigenvalue weighted by atomic mass is 35.5. The van der Waals surface area contributed by atoms with Crippen LogP contribution in [0.3, 0.4) is 0 Å². The molecule has 1 aromatic heterocycles. The van der Waals surface area contributed by atoms with E-state index in [1.54, 1.807) is 18.2 Å². The quantitative estimate of drug-likeness (QED) is 0.354. The van der Waals surface area contributed by atoms with Crippen LogP contribution in [0.15, 0.2) is 60.0 Å². The first-order valence-corrected chi connectivity index (χ1v) is 12.7. The zero-order chi connectivity index (χ0) is 24.5. The van der Waals surface area contributed by atoms with Crippen molar-refractivity contribution in [3.63, 3.8) is 0 Å². The summed E-state index contributed by atoms with van der Waals surface area (Å²) in [5.41, 5.74) is 0.337. The van der Waals surface area contributed by atoms with Gasteiger partial charge in [-0.15, -0.1) is 11.3 Å². The third-order valence-electron chi connectivity index (χ3n) is 5.17. The van der Waals surface area contributed by atoms with Crippen LogP contribution in [-0.2, 0) is 14.8 Å². The number of nitrogens with one attached hydrogen (secondary N) is 1. The standard InChI is InChI=1S/C22H17ClFN3O5S2/c23-21-8-6-15(33-21)10-12-34(31,32)25-18-9-11-26(22(18)28)20-7-5-14(13-17(20)24)16-3-1-2-4-19(16)27(29)30/h1-8,10,12-13,18,25H,9,11H2/b12-10+/t18-/m0/s1. The molecule has 1 fully saturated rings. The number of carbonyl (C=O) groups is 1. The largest absolute Gasteiger partial charge is 0.308 e. The zero-order valence-corrected chi connectivity index (χ0v) is 19.7. The maximum Gasteiger partial charge on any atom is 0.277 e. The first kappa shape index (κ1) is 24.0. The SMILES string of the molecule is O=C1[C@@H](NS(=O)(=O)/C=C/c2ccc(Cl)s2)CCN1c1ccc(-c2ccccc2[N+](=O)[O-])cc1F. The Labute approximate surface area is 203 Å². The van der Waals surface area contributed by atoms with Crippen LogP contribution in [-0.4, -0.2) is 31.8 Å². The van der Waals surface area contributed by atoms with E-state index < -0.39 is 32.7 Å². The average Bonchev–Trinajstić information content (AvgIpc) is 3.37. The van der Waals surface area contributed by atoms with Crippen molar-refractivity contribution < 1.29 is 22.5 Å². The molecule has 1 saturated heterocycles. The van der Waals surface area contributed by atoms with Crippen LogP contribution in [0.5, 0.6) is 0 Å². The van der Waals surface area contributed by atoms with Gasteiger partial charge in [0, 0.05) is 22.9 Å². The molecule has 8 nitrogen and oxygen atoms in total. The summed E-state index contributed by atoms with van der Waals surface area (Å²) >= 11 is 7.03. The van der Waals surface area contributed by atoms with Crippen LogP contribution in [0, 0.1) is 15.9 Å². The third kappa shape index (κ3) is 5.17. The monoisotopic (exact) mass is 521 g/mol. The summed E-state index contributed by atoms with van der Waals surface area (Å²) in [6.45, 7) is 0.109. The van der Waals surface area contributed by atoms with E-state index in [1.807, 2.05) is 0 Å². The lowest BCUT2D eigenvalue weighted by molar-refractivity contribution is -0.384. The molecule has 1 atom stereocenters. The number of sulfonamides is 1. The number of hydrogen-bond acceptors (Lipinski definition) is 6. The van der Waals surface area contributed by atoms with E-state index >= 15 is 0 Å². The molecule has 1 N–H and O–H groups in total. The highest BCUT2D eigenvalue weighted by Crippen LogP contribution is 2.33. The second-order valence-corrected chi connectivity index (χ2v) is 10.7. The van der Waals surface area contributed by atoms with E-state index in [-0.39, 0.29) is 35.5 Å². The Morgan fingerprint density at radius 3 is 2.65 bits per heavy atom. The van der Waals surface area contributed by atoms with Crippen molar-refractivity contribution in [2.45, 2.75) is 12.5 Å². The number of nitro groups is 1. The van der Waals surface area contributed by atoms with Crippen LogP contribution < -0.4 is 9.62 Å². The molecule has 2 heterocycles. The molecule has 0 saturated carbocycles. The molecule has 0 spiro atoms. The molecule has 2 aromatic carbocycles. The van der Waals surface area contributed by atoms with Gasteiger partial charge in [0.15, 0.2) is 0 Å². The van der Waals surface area contributed by atoms with Gasteiger partial charge in [0.05, 0.1) is 20.5 Å². The van der Waals surface area contributed by atoms with Crippen LogP contribution in [0.2, 0.25) is 4.34 Å². The van der Waals surface area contributed by atoms with Gasteiger partial charge in [0.1, 0.15) is 11.9 Å². The van der Waals surface area contributed by atoms with E-state index in [9.17, 15) is 27.7 Å². The van der Waals surface area contributed by atoms with Crippen molar-refractivity contribution in [2.24, 2.45) is 0 Å². The number of thiophene rings is 1. The number of halogens is 2. The van der Waals surface area contributed by atoms with Crippen LogP contribution in [0.4, 0.5) is 15.8 Å². The molecular formula is C22H17ClFN3O5S2. The highest BCUT2D eigenvalue weighted by Gasteiger charge is 2.36. The van der Waals surface area contributed by atoms with Crippen LogP contribution in [0.25, 0.3) is 17.2 Å². The van der Waals surface area contributed by atoms with E-state index in [1.165, 1.54) is 47.7 Å². The zero-order valence-electron chi connectivity index (χ0n) is 17.4. The van der Waals surface area contributed by atoms with Gasteiger partial charge in [-0.2, -0.15) is 4.72 Å². The summed E-state index contributed by atoms with van der Waals surface area (Å²) in [6, 6.07) is 12.2. The average molecular weight is 522 g/mol. The molecule has 0 unspecified atom stereocenters. The molecule has 0 bridgehead atoms. The number of amides is 1. The van der Waals surface area contributed by atoms with Gasteiger partial charge in [-0.1, -0.05) is 29.8 Å². The van der Waals surface area contributed by atoms with Crippen molar-refractivity contribution in [1.82, 2.24) is 4.72 Å². The normalized spacial score (nSPS) is 16.5. The van der Waals surface area contributed by atoms with Gasteiger partial charge in [-0.25, -0.2) is 12.8 Å². The summed E-state index contributed by atoms with van der Waals surface area (Å²) in [5.74, 6) is -1.34. The predicted octanol–water partition coefficient (Wildman–Crippen LogP) is 4.81. The van der Waals surface area contributed by atoms with Crippen LogP contribution >= 0.6 is 22.9 Å². The molecule has 12 heteroatoms. The van der Waals surface area contributed by atoms with Crippen molar-refractivity contribution in [3.05, 3.63) is 85.2 Å². The van der Waals surface area contributed by atoms with Crippen molar-refractivity contribution in [2.75, 3.05) is 11.4 Å². The highest BCUT2D eigenvalue weighted by molar-refractivity contribution is 7.92. The van der Waals surface area contributed by atoms with Gasteiger partial charge >= 0.3 is 0 Å². The molecule has 0 aliphatic carbocycles. The molecule has 3 aromatic rings. The fraction of sp³-hybridized carbons (Fsp3) is 0.136. The number of nitro benzene ring substituents is 1. The Morgan fingerprint density at radius 1 is 1.21 bits per heavy atom. The maximum absolute atomic E-state index is 14.9. The lowest BCUT2D eigenvalue weighted by Gasteiger charge is -2.18. The fourth-order valence-electron chi connectivity index (χ4n) is 3.61. The summed E-state index contributed by atoms with van der Waals surface area (Å²) in [5, 5.41) is 12.2. The van der Waals surface area contributed by atoms with Crippen LogP contribution in [0.1, 0.15) is 11.3 Å². The number of carbonyl (C=O) groups excluding carboxylic acids is 1. The predicted molar refractivity (Wildman–Crippen MR) is 130 cm³/mol. The first-order chi connectivity index (χ1) is 16.1. The summed E-state index contributed by atoms with van der Waals surface area (Å²) in [7, 11) is -3.93. The Kier molecular flexibility index (Phi) is 6.80. The summed E-state index contributed by atoms with van der Waals surface area (Å²) in [6.07, 6.45) is 1.53. The van der Waals surface area contributed by atoms with Crippen molar-refractivity contribution in [3.8, 4) is 11.1 Å². The number of anilines is 1. The van der Waals surface area contributed by atoms with Crippen molar-refractivity contribution in [1.29, 1.82) is 0 Å². The summed E-state index contributed by atoms with van der Waals surface area (Å²) < 4.78 is 42.6. The Bertz CT molecular complexity index is 1410. The third-order valence-corrected chi connectivity index (χ3v) is 7.47. The number of nitrogens with zero attached hydrogens (tertiary/aromatic N) is 2. The van der Waals surface area contributed by atoms with Gasteiger partial charge in [-0.05, 0) is 48.4 Å². The van der Waals surface area contributed by atoms with E-state index in [2.05, 4.69) is 4.72 Å². The fourth-order valence-corrected chi connectivity index (χ4v) is 5.68. The van der Waals surface area contributed by atoms with Gasteiger partial charge in [0.2, 0.25) is 15.9 Å². The molecule has 4 rings (SSSR count). The molecule has 1 amide bonds. The van der Waals surface area contributed by atoms with Gasteiger partial charge < -0.3 is 4.90 Å². The molecule has 1 aliphatic rings. The van der Waals surface area contributed by atoms with E-state index in [0.29, 0.717) is 9.21 Å². The minimum atomic E-state index is -3.93. The first-order valence-electron chi connectivity index (χ1n) is 9.95. The second kappa shape index (κ2) is 9.63. The molecule has 176 valence electrons. The van der Waals surface area contributed by atoms with Gasteiger partial charge in [0.25, 0.3) is 5.69 Å². The maximum atomic E-state index is 14.9. The summed E-state index contributed by atoms with van der Waals surface area (Å²) in [4.78, 5) is 25.3. The lowest BCUT2D eigenvalue weighted by Crippen LogP contribution is -2.40. The van der Waals surface area contributed by atoms with Crippen molar-refractivity contribution >= 4 is 56.3 Å². The minimum Gasteiger partial charge on any atom is -0.308 e. The van der Waals surface area contributed by atoms with E-state index in [4.69, 9.17) is 11.6 Å². The number of hydrogen-bond donors (Lipinski definition) is 1. The lowest BCUT2D eigenvalue weighted by atomic mass is 10.0. The van der Waals surface area contributed by atoms with E-state index in [0.717, 1.165) is 16.4 Å². The molecular weight excluding hydrogens is 505 g/mol. The Balaban J connectivity index is 1.50. The minimum absolute atomic E-state index is 0.0298. The Morgan fingerprint density at radius 2 is 1.97 bits per heavy atom. The van der Waals surface area contributed by atoms with Gasteiger partial charge in [-0.3, -0.25) is 14.9 Å². The number of benzene rings is 2. The second-order valence-electron chi connectivity index (χ2n) is 7.38. The molecule has 0 radical (unpaired) electrons. The number of para-hydroxylation sites is 1. The molecule has 34 heavy (non-hydrogen) atoms. The topological polar surface area (TPSA) is 110 Å². The Hall–Kier alpha value is -3.12. The number of rotatable bonds is 7. The smallest absolute Gasteiger partial charge is 0.277 e. The molecule has 1 aliphatic heterocycles.